The second-order valence-corrected chi connectivity index (χ2v) is 6.26. The van der Waals surface area contributed by atoms with E-state index < -0.39 is 0 Å². The Kier molecular flexibility index (Phi) is 4.69. The lowest BCUT2D eigenvalue weighted by Gasteiger charge is -2.24. The number of hydrogen-bond donors (Lipinski definition) is 0. The van der Waals surface area contributed by atoms with Gasteiger partial charge in [0.1, 0.15) is 5.82 Å². The fraction of sp³-hybridized carbons (Fsp3) is 0.529. The van der Waals surface area contributed by atoms with Crippen LogP contribution in [0.2, 0.25) is 0 Å². The van der Waals surface area contributed by atoms with Crippen LogP contribution >= 0.6 is 0 Å². The summed E-state index contributed by atoms with van der Waals surface area (Å²) >= 11 is 0. The predicted molar refractivity (Wildman–Crippen MR) is 86.7 cm³/mol. The highest BCUT2D eigenvalue weighted by Crippen LogP contribution is 2.30. The van der Waals surface area contributed by atoms with Crippen LogP contribution in [0.15, 0.2) is 31.0 Å². The molecule has 1 fully saturated rings. The molecule has 3 heterocycles. The molecule has 1 amide bonds. The minimum atomic E-state index is 0.0727. The Morgan fingerprint density at radius 2 is 2.17 bits per heavy atom. The molecule has 1 aliphatic rings. The lowest BCUT2D eigenvalue weighted by Crippen LogP contribution is -2.31. The lowest BCUT2D eigenvalue weighted by atomic mass is 10.1. The summed E-state index contributed by atoms with van der Waals surface area (Å²) < 4.78 is 2.08. The third-order valence-electron chi connectivity index (χ3n) is 4.33. The molecule has 6 nitrogen and oxygen atoms in total. The van der Waals surface area contributed by atoms with Crippen molar-refractivity contribution in [2.45, 2.75) is 51.6 Å². The number of hydrogen-bond acceptors (Lipinski definition) is 4. The highest BCUT2D eigenvalue weighted by Gasteiger charge is 2.30. The molecule has 1 saturated heterocycles. The van der Waals surface area contributed by atoms with Gasteiger partial charge >= 0.3 is 0 Å². The highest BCUT2D eigenvalue weighted by molar-refractivity contribution is 5.76. The fourth-order valence-electron chi connectivity index (χ4n) is 3.23. The van der Waals surface area contributed by atoms with E-state index in [0.717, 1.165) is 30.9 Å². The van der Waals surface area contributed by atoms with Gasteiger partial charge in [0.05, 0.1) is 17.9 Å². The third-order valence-corrected chi connectivity index (χ3v) is 4.33. The van der Waals surface area contributed by atoms with Crippen molar-refractivity contribution >= 4 is 5.91 Å². The van der Waals surface area contributed by atoms with Crippen molar-refractivity contribution in [3.8, 4) is 0 Å². The molecular formula is C17H23N5O. The van der Waals surface area contributed by atoms with Crippen LogP contribution in [0.5, 0.6) is 0 Å². The number of aryl methyl sites for hydroxylation is 1. The first-order valence-electron chi connectivity index (χ1n) is 8.23. The Bertz CT molecular complexity index is 652. The van der Waals surface area contributed by atoms with Gasteiger partial charge in [0.25, 0.3) is 0 Å². The molecular weight excluding hydrogens is 290 g/mol. The minimum Gasteiger partial charge on any atom is -0.334 e. The van der Waals surface area contributed by atoms with Crippen molar-refractivity contribution in [2.75, 3.05) is 6.54 Å². The maximum Gasteiger partial charge on any atom is 0.224 e. The summed E-state index contributed by atoms with van der Waals surface area (Å²) in [7, 11) is 0. The third kappa shape index (κ3) is 3.41. The number of aromatic nitrogens is 4. The van der Waals surface area contributed by atoms with Gasteiger partial charge in [0.15, 0.2) is 0 Å². The summed E-state index contributed by atoms with van der Waals surface area (Å²) in [6.45, 7) is 5.72. The van der Waals surface area contributed by atoms with E-state index in [0.29, 0.717) is 18.9 Å². The second-order valence-electron chi connectivity index (χ2n) is 6.26. The molecule has 6 heteroatoms. The molecule has 0 spiro atoms. The van der Waals surface area contributed by atoms with Gasteiger partial charge in [-0.3, -0.25) is 14.8 Å². The molecule has 0 aromatic carbocycles. The van der Waals surface area contributed by atoms with Crippen molar-refractivity contribution in [3.63, 3.8) is 0 Å². The monoisotopic (exact) mass is 313 g/mol. The number of likely N-dealkylation sites (tertiary alicyclic amines) is 1. The van der Waals surface area contributed by atoms with Gasteiger partial charge in [-0.2, -0.15) is 0 Å². The van der Waals surface area contributed by atoms with Crippen molar-refractivity contribution in [1.29, 1.82) is 0 Å². The summed E-state index contributed by atoms with van der Waals surface area (Å²) in [5, 5.41) is 0. The first-order chi connectivity index (χ1) is 11.2. The van der Waals surface area contributed by atoms with Gasteiger partial charge in [-0.15, -0.1) is 0 Å². The lowest BCUT2D eigenvalue weighted by molar-refractivity contribution is -0.132. The molecule has 23 heavy (non-hydrogen) atoms. The van der Waals surface area contributed by atoms with E-state index in [4.69, 9.17) is 0 Å². The number of amides is 1. The molecule has 0 N–H and O–H groups in total. The zero-order chi connectivity index (χ0) is 16.2. The Morgan fingerprint density at radius 1 is 1.30 bits per heavy atom. The van der Waals surface area contributed by atoms with Gasteiger partial charge in [-0.1, -0.05) is 13.8 Å². The highest BCUT2D eigenvalue weighted by atomic mass is 16.2. The molecule has 1 aliphatic heterocycles. The van der Waals surface area contributed by atoms with Crippen LogP contribution < -0.4 is 0 Å². The quantitative estimate of drug-likeness (QED) is 0.851. The van der Waals surface area contributed by atoms with Crippen LogP contribution in [0.1, 0.15) is 56.6 Å². The van der Waals surface area contributed by atoms with Crippen LogP contribution in [-0.2, 0) is 11.3 Å². The fourth-order valence-corrected chi connectivity index (χ4v) is 3.23. The minimum absolute atomic E-state index is 0.0727. The molecule has 1 unspecified atom stereocenters. The van der Waals surface area contributed by atoms with E-state index in [-0.39, 0.29) is 11.9 Å². The van der Waals surface area contributed by atoms with Crippen LogP contribution in [0.25, 0.3) is 0 Å². The van der Waals surface area contributed by atoms with E-state index in [1.54, 1.807) is 24.8 Å². The van der Waals surface area contributed by atoms with Crippen LogP contribution in [0.4, 0.5) is 0 Å². The number of rotatable bonds is 5. The first kappa shape index (κ1) is 15.6. The summed E-state index contributed by atoms with van der Waals surface area (Å²) in [6.07, 6.45) is 11.4. The average molecular weight is 313 g/mol. The van der Waals surface area contributed by atoms with Gasteiger partial charge in [-0.05, 0) is 12.8 Å². The number of carbonyl (C=O) groups is 1. The molecule has 2 aromatic rings. The molecule has 3 rings (SSSR count). The molecule has 0 radical (unpaired) electrons. The standard InChI is InChI=1S/C17H23N5O/c1-13(2)17-20-8-11-21(17)10-5-16(23)22-9-3-4-15(22)14-12-18-6-7-19-14/h6-8,11-13,15H,3-5,9-10H2,1-2H3. The van der Waals surface area contributed by atoms with Crippen molar-refractivity contribution in [3.05, 3.63) is 42.5 Å². The maximum atomic E-state index is 12.6. The molecule has 0 bridgehead atoms. The maximum absolute atomic E-state index is 12.6. The largest absolute Gasteiger partial charge is 0.334 e. The Morgan fingerprint density at radius 3 is 2.91 bits per heavy atom. The van der Waals surface area contributed by atoms with Crippen molar-refractivity contribution in [2.24, 2.45) is 0 Å². The Balaban J connectivity index is 1.65. The zero-order valence-electron chi connectivity index (χ0n) is 13.7. The first-order valence-corrected chi connectivity index (χ1v) is 8.23. The molecule has 2 aromatic heterocycles. The van der Waals surface area contributed by atoms with E-state index >= 15 is 0 Å². The summed E-state index contributed by atoms with van der Waals surface area (Å²) in [6, 6.07) is 0.0727. The molecule has 0 aliphatic carbocycles. The van der Waals surface area contributed by atoms with E-state index in [1.807, 2.05) is 11.1 Å². The zero-order valence-corrected chi connectivity index (χ0v) is 13.7. The van der Waals surface area contributed by atoms with Crippen molar-refractivity contribution in [1.82, 2.24) is 24.4 Å². The van der Waals surface area contributed by atoms with E-state index in [2.05, 4.69) is 33.4 Å². The van der Waals surface area contributed by atoms with Gasteiger partial charge < -0.3 is 9.47 Å². The number of imidazole rings is 1. The van der Waals surface area contributed by atoms with Gasteiger partial charge in [-0.25, -0.2) is 4.98 Å². The Labute approximate surface area is 136 Å². The summed E-state index contributed by atoms with van der Waals surface area (Å²) in [5.74, 6) is 1.57. The topological polar surface area (TPSA) is 63.9 Å². The predicted octanol–water partition coefficient (Wildman–Crippen LogP) is 2.55. The van der Waals surface area contributed by atoms with Crippen LogP contribution in [-0.4, -0.2) is 36.9 Å². The Hall–Kier alpha value is -2.24. The van der Waals surface area contributed by atoms with Gasteiger partial charge in [0, 0.05) is 50.2 Å². The van der Waals surface area contributed by atoms with E-state index in [9.17, 15) is 4.79 Å². The molecule has 122 valence electrons. The normalized spacial score (nSPS) is 17.9. The van der Waals surface area contributed by atoms with Gasteiger partial charge in [0.2, 0.25) is 5.91 Å². The molecule has 0 saturated carbocycles. The van der Waals surface area contributed by atoms with Crippen molar-refractivity contribution < 1.29 is 4.79 Å². The number of carbonyl (C=O) groups excluding carboxylic acids is 1. The summed E-state index contributed by atoms with van der Waals surface area (Å²) in [5.41, 5.74) is 0.892. The van der Waals surface area contributed by atoms with Crippen LogP contribution in [0.3, 0.4) is 0 Å². The molecule has 1 atom stereocenters. The number of nitrogens with zero attached hydrogens (tertiary/aromatic N) is 5. The summed E-state index contributed by atoms with van der Waals surface area (Å²) in [4.78, 5) is 27.5. The SMILES string of the molecule is CC(C)c1nccn1CCC(=O)N1CCCC1c1cnccn1. The van der Waals surface area contributed by atoms with Crippen LogP contribution in [0, 0.1) is 0 Å². The smallest absolute Gasteiger partial charge is 0.224 e. The van der Waals surface area contributed by atoms with E-state index in [1.165, 1.54) is 0 Å². The second kappa shape index (κ2) is 6.89. The average Bonchev–Trinajstić information content (AvgIpc) is 3.22.